The zero-order valence-corrected chi connectivity index (χ0v) is 31.0. The van der Waals surface area contributed by atoms with Gasteiger partial charge in [-0.15, -0.1) is 0 Å². The van der Waals surface area contributed by atoms with Crippen molar-refractivity contribution in [2.45, 2.75) is 33.1 Å². The lowest BCUT2D eigenvalue weighted by Gasteiger charge is -2.19. The molecule has 1 heterocycles. The molecule has 9 aromatic carbocycles. The van der Waals surface area contributed by atoms with Crippen LogP contribution in [0.3, 0.4) is 0 Å². The van der Waals surface area contributed by atoms with E-state index in [4.69, 9.17) is 0 Å². The molecule has 0 aliphatic rings. The smallest absolute Gasteiger partial charge is 0.0541 e. The fourth-order valence-corrected chi connectivity index (χ4v) is 8.84. The van der Waals surface area contributed by atoms with Gasteiger partial charge in [-0.25, -0.2) is 0 Å². The molecule has 0 saturated heterocycles. The van der Waals surface area contributed by atoms with Crippen LogP contribution < -0.4 is 0 Å². The number of fused-ring (bicyclic) bond motifs is 9. The summed E-state index contributed by atoms with van der Waals surface area (Å²) < 4.78 is 2.45. The van der Waals surface area contributed by atoms with Gasteiger partial charge >= 0.3 is 0 Å². The molecule has 0 spiro atoms. The third kappa shape index (κ3) is 5.15. The molecule has 54 heavy (non-hydrogen) atoms. The average molecular weight is 692 g/mol. The predicted molar refractivity (Wildman–Crippen MR) is 233 cm³/mol. The maximum Gasteiger partial charge on any atom is 0.0541 e. The van der Waals surface area contributed by atoms with Gasteiger partial charge in [0.2, 0.25) is 0 Å². The van der Waals surface area contributed by atoms with E-state index in [9.17, 15) is 0 Å². The molecule has 0 saturated carbocycles. The predicted octanol–water partition coefficient (Wildman–Crippen LogP) is 15.1. The number of aromatic nitrogens is 1. The molecule has 0 amide bonds. The Labute approximate surface area is 316 Å². The van der Waals surface area contributed by atoms with Crippen LogP contribution >= 0.6 is 0 Å². The Morgan fingerprint density at radius 1 is 0.407 bits per heavy atom. The highest BCUT2D eigenvalue weighted by Crippen LogP contribution is 2.41. The van der Waals surface area contributed by atoms with Crippen molar-refractivity contribution in [2.24, 2.45) is 0 Å². The molecule has 0 bridgehead atoms. The highest BCUT2D eigenvalue weighted by molar-refractivity contribution is 6.25. The minimum atomic E-state index is 0.471. The molecule has 1 unspecified atom stereocenters. The summed E-state index contributed by atoms with van der Waals surface area (Å²) in [7, 11) is 0. The van der Waals surface area contributed by atoms with Crippen LogP contribution in [-0.4, -0.2) is 4.57 Å². The normalized spacial score (nSPS) is 12.4. The van der Waals surface area contributed by atoms with E-state index in [1.54, 1.807) is 0 Å². The number of para-hydroxylation sites is 1. The molecule has 0 aliphatic heterocycles. The lowest BCUT2D eigenvalue weighted by molar-refractivity contribution is 0.735. The molecule has 1 aromatic heterocycles. The number of hydrogen-bond acceptors (Lipinski definition) is 0. The van der Waals surface area contributed by atoms with Gasteiger partial charge in [0, 0.05) is 16.5 Å². The van der Waals surface area contributed by atoms with Gasteiger partial charge in [-0.2, -0.15) is 0 Å². The fourth-order valence-electron chi connectivity index (χ4n) is 8.84. The van der Waals surface area contributed by atoms with Gasteiger partial charge in [-0.1, -0.05) is 147 Å². The van der Waals surface area contributed by atoms with Crippen LogP contribution in [0.2, 0.25) is 0 Å². The first-order chi connectivity index (χ1) is 26.6. The Kier molecular flexibility index (Phi) is 7.70. The van der Waals surface area contributed by atoms with E-state index in [0.29, 0.717) is 5.92 Å². The third-order valence-corrected chi connectivity index (χ3v) is 11.8. The van der Waals surface area contributed by atoms with Gasteiger partial charge in [0.15, 0.2) is 0 Å². The number of aryl methyl sites for hydroxylation is 1. The summed E-state index contributed by atoms with van der Waals surface area (Å²) in [5.41, 5.74) is 13.9. The van der Waals surface area contributed by atoms with E-state index in [1.165, 1.54) is 104 Å². The van der Waals surface area contributed by atoms with Crippen LogP contribution in [0.5, 0.6) is 0 Å². The van der Waals surface area contributed by atoms with Gasteiger partial charge in [-0.05, 0) is 139 Å². The van der Waals surface area contributed by atoms with Crippen molar-refractivity contribution in [3.05, 3.63) is 187 Å². The van der Waals surface area contributed by atoms with Gasteiger partial charge in [-0.3, -0.25) is 0 Å². The number of hydrogen-bond donors (Lipinski definition) is 0. The lowest BCUT2D eigenvalue weighted by atomic mass is 9.88. The van der Waals surface area contributed by atoms with Crippen LogP contribution in [0.1, 0.15) is 37.3 Å². The second-order valence-corrected chi connectivity index (χ2v) is 14.9. The highest BCUT2D eigenvalue weighted by Gasteiger charge is 2.18. The number of benzene rings is 9. The monoisotopic (exact) mass is 691 g/mol. The molecule has 258 valence electrons. The maximum absolute atomic E-state index is 2.45. The van der Waals surface area contributed by atoms with Crippen molar-refractivity contribution in [1.82, 2.24) is 4.57 Å². The quantitative estimate of drug-likeness (QED) is 0.153. The molecule has 1 nitrogen and oxygen atoms in total. The van der Waals surface area contributed by atoms with E-state index in [0.717, 1.165) is 6.42 Å². The summed E-state index contributed by atoms with van der Waals surface area (Å²) >= 11 is 0. The summed E-state index contributed by atoms with van der Waals surface area (Å²) in [4.78, 5) is 0. The van der Waals surface area contributed by atoms with Crippen molar-refractivity contribution in [3.8, 4) is 39.1 Å². The molecule has 1 heteroatoms. The SMILES string of the molecule is CCC(C)c1ccc(-n2c3ccccc3c3cc(-c4cccc(-c5ccc6c7ccccc7c7ccccc7c6c5)c4)ccc32)cc1-c1ccccc1C. The van der Waals surface area contributed by atoms with E-state index in [1.807, 2.05) is 0 Å². The highest BCUT2D eigenvalue weighted by atomic mass is 15.0. The van der Waals surface area contributed by atoms with Gasteiger partial charge < -0.3 is 4.57 Å². The van der Waals surface area contributed by atoms with Crippen LogP contribution in [0.4, 0.5) is 0 Å². The van der Waals surface area contributed by atoms with Gasteiger partial charge in [0.05, 0.1) is 11.0 Å². The zero-order chi connectivity index (χ0) is 36.3. The first kappa shape index (κ1) is 32.2. The van der Waals surface area contributed by atoms with E-state index in [2.05, 4.69) is 201 Å². The lowest BCUT2D eigenvalue weighted by Crippen LogP contribution is -2.00. The minimum Gasteiger partial charge on any atom is -0.309 e. The standard InChI is InChI=1S/C53H41N/c1-4-34(2)42-28-26-40(33-50(42)41-17-6-5-14-35(41)3)54-52-23-12-11-22-48(52)51-32-39(25-29-53(51)54)37-16-13-15-36(30-37)38-24-27-47-45-20-8-7-18-43(45)44-19-9-10-21-46(44)49(47)31-38/h5-34H,4H2,1-3H3. The Hall–Kier alpha value is -6.44. The van der Waals surface area contributed by atoms with Gasteiger partial charge in [0.1, 0.15) is 0 Å². The zero-order valence-electron chi connectivity index (χ0n) is 31.0. The summed E-state index contributed by atoms with van der Waals surface area (Å²) in [6.07, 6.45) is 1.10. The molecular formula is C53H41N. The Morgan fingerprint density at radius 3 is 1.63 bits per heavy atom. The average Bonchev–Trinajstić information content (AvgIpc) is 3.57. The van der Waals surface area contributed by atoms with Crippen molar-refractivity contribution < 1.29 is 0 Å². The van der Waals surface area contributed by atoms with Crippen molar-refractivity contribution in [1.29, 1.82) is 0 Å². The maximum atomic E-state index is 2.45. The Bertz CT molecular complexity index is 3030. The molecule has 1 atom stereocenters. The molecule has 10 rings (SSSR count). The van der Waals surface area contributed by atoms with E-state index in [-0.39, 0.29) is 0 Å². The molecule has 0 fully saturated rings. The third-order valence-electron chi connectivity index (χ3n) is 11.8. The van der Waals surface area contributed by atoms with Crippen LogP contribution in [-0.2, 0) is 0 Å². The molecule has 0 aliphatic carbocycles. The van der Waals surface area contributed by atoms with Crippen molar-refractivity contribution in [3.63, 3.8) is 0 Å². The first-order valence-corrected chi connectivity index (χ1v) is 19.2. The summed E-state index contributed by atoms with van der Waals surface area (Å²) in [5.74, 6) is 0.471. The first-order valence-electron chi connectivity index (χ1n) is 19.2. The van der Waals surface area contributed by atoms with Crippen LogP contribution in [0.25, 0.3) is 93.2 Å². The topological polar surface area (TPSA) is 4.93 Å². The molecule has 10 aromatic rings. The largest absolute Gasteiger partial charge is 0.309 e. The second kappa shape index (κ2) is 12.9. The fraction of sp³-hybridized carbons (Fsp3) is 0.0943. The number of rotatable bonds is 6. The minimum absolute atomic E-state index is 0.471. The Morgan fingerprint density at radius 2 is 0.944 bits per heavy atom. The van der Waals surface area contributed by atoms with E-state index < -0.39 is 0 Å². The van der Waals surface area contributed by atoms with Crippen LogP contribution in [0.15, 0.2) is 176 Å². The van der Waals surface area contributed by atoms with Crippen LogP contribution in [0, 0.1) is 6.92 Å². The molecule has 0 radical (unpaired) electrons. The summed E-state index contributed by atoms with van der Waals surface area (Å²) in [5, 5.41) is 10.3. The summed E-state index contributed by atoms with van der Waals surface area (Å²) in [6, 6.07) is 65.4. The molecular weight excluding hydrogens is 651 g/mol. The Balaban J connectivity index is 1.10. The van der Waals surface area contributed by atoms with Crippen molar-refractivity contribution in [2.75, 3.05) is 0 Å². The van der Waals surface area contributed by atoms with E-state index >= 15 is 0 Å². The molecule has 0 N–H and O–H groups in total. The second-order valence-electron chi connectivity index (χ2n) is 14.9. The van der Waals surface area contributed by atoms with Gasteiger partial charge in [0.25, 0.3) is 0 Å². The summed E-state index contributed by atoms with van der Waals surface area (Å²) in [6.45, 7) is 6.85. The van der Waals surface area contributed by atoms with Crippen molar-refractivity contribution >= 4 is 54.1 Å². The number of nitrogens with zero attached hydrogens (tertiary/aromatic N) is 1.